The van der Waals surface area contributed by atoms with E-state index in [1.54, 1.807) is 6.20 Å². The van der Waals surface area contributed by atoms with Crippen molar-refractivity contribution < 1.29 is 0 Å². The summed E-state index contributed by atoms with van der Waals surface area (Å²) < 4.78 is 4.20. The fourth-order valence-electron chi connectivity index (χ4n) is 1.62. The van der Waals surface area contributed by atoms with Crippen molar-refractivity contribution in [2.45, 2.75) is 26.6 Å². The molecule has 0 atom stereocenters. The summed E-state index contributed by atoms with van der Waals surface area (Å²) in [5, 5.41) is 3.39. The summed E-state index contributed by atoms with van der Waals surface area (Å²) in [5.41, 5.74) is 1.23. The average molecular weight is 219 g/mol. The van der Waals surface area contributed by atoms with Gasteiger partial charge in [-0.15, -0.1) is 0 Å². The molecule has 0 saturated heterocycles. The van der Waals surface area contributed by atoms with Crippen LogP contribution in [0.2, 0.25) is 0 Å². The first kappa shape index (κ1) is 10.9. The Bertz CT molecular complexity index is 404. The van der Waals surface area contributed by atoms with Crippen molar-refractivity contribution in [3.05, 3.63) is 36.9 Å². The van der Waals surface area contributed by atoms with Gasteiger partial charge in [-0.2, -0.15) is 0 Å². The number of hydrogen-bond donors (Lipinski definition) is 1. The summed E-state index contributed by atoms with van der Waals surface area (Å²) in [4.78, 5) is 8.13. The van der Waals surface area contributed by atoms with Crippen molar-refractivity contribution in [3.63, 3.8) is 0 Å². The lowest BCUT2D eigenvalue weighted by molar-refractivity contribution is 0.575. The van der Waals surface area contributed by atoms with Crippen molar-refractivity contribution >= 4 is 0 Å². The van der Waals surface area contributed by atoms with E-state index in [0.29, 0.717) is 0 Å². The van der Waals surface area contributed by atoms with E-state index in [-0.39, 0.29) is 0 Å². The van der Waals surface area contributed by atoms with Gasteiger partial charge in [0.2, 0.25) is 0 Å². The van der Waals surface area contributed by atoms with Gasteiger partial charge in [-0.3, -0.25) is 0 Å². The molecule has 0 spiro atoms. The molecule has 5 heteroatoms. The van der Waals surface area contributed by atoms with Crippen molar-refractivity contribution in [2.75, 3.05) is 6.54 Å². The largest absolute Gasteiger partial charge is 0.336 e. The molecule has 2 aromatic heterocycles. The molecule has 0 bridgehead atoms. The molecule has 0 fully saturated rings. The van der Waals surface area contributed by atoms with Crippen LogP contribution in [-0.2, 0) is 19.6 Å². The van der Waals surface area contributed by atoms with Gasteiger partial charge >= 0.3 is 0 Å². The summed E-state index contributed by atoms with van der Waals surface area (Å²) in [6.45, 7) is 5.84. The number of nitrogens with zero attached hydrogens (tertiary/aromatic N) is 4. The quantitative estimate of drug-likeness (QED) is 0.734. The van der Waals surface area contributed by atoms with E-state index in [1.165, 1.54) is 5.69 Å². The molecular formula is C11H17N5. The van der Waals surface area contributed by atoms with Gasteiger partial charge in [-0.25, -0.2) is 9.97 Å². The molecule has 0 aliphatic heterocycles. The number of hydrogen-bond acceptors (Lipinski definition) is 3. The summed E-state index contributed by atoms with van der Waals surface area (Å²) in [7, 11) is 0. The molecule has 0 aliphatic rings. The maximum atomic E-state index is 4.13. The molecule has 16 heavy (non-hydrogen) atoms. The van der Waals surface area contributed by atoms with Gasteiger partial charge in [0.1, 0.15) is 0 Å². The van der Waals surface area contributed by atoms with Crippen LogP contribution in [0.1, 0.15) is 12.6 Å². The van der Waals surface area contributed by atoms with E-state index in [1.807, 2.05) is 25.0 Å². The lowest BCUT2D eigenvalue weighted by Crippen LogP contribution is -2.20. The van der Waals surface area contributed by atoms with Crippen LogP contribution < -0.4 is 5.32 Å². The zero-order valence-electron chi connectivity index (χ0n) is 9.50. The van der Waals surface area contributed by atoms with Crippen LogP contribution >= 0.6 is 0 Å². The molecule has 0 aliphatic carbocycles. The van der Waals surface area contributed by atoms with Crippen LogP contribution in [-0.4, -0.2) is 25.6 Å². The molecule has 2 heterocycles. The van der Waals surface area contributed by atoms with Crippen molar-refractivity contribution in [3.8, 4) is 0 Å². The van der Waals surface area contributed by atoms with Gasteiger partial charge in [0.25, 0.3) is 0 Å². The molecule has 2 rings (SSSR count). The predicted octanol–water partition coefficient (Wildman–Crippen LogP) is 0.889. The monoisotopic (exact) mass is 219 g/mol. The highest BCUT2D eigenvalue weighted by Gasteiger charge is 1.98. The second-order valence-electron chi connectivity index (χ2n) is 3.65. The molecule has 0 aromatic carbocycles. The Hall–Kier alpha value is -1.62. The number of rotatable bonds is 6. The van der Waals surface area contributed by atoms with Crippen LogP contribution in [0.4, 0.5) is 0 Å². The minimum Gasteiger partial charge on any atom is -0.336 e. The summed E-state index contributed by atoms with van der Waals surface area (Å²) in [6.07, 6.45) is 9.38. The van der Waals surface area contributed by atoms with Gasteiger partial charge < -0.3 is 14.5 Å². The Balaban J connectivity index is 1.72. The van der Waals surface area contributed by atoms with Crippen LogP contribution in [0.3, 0.4) is 0 Å². The normalized spacial score (nSPS) is 10.8. The van der Waals surface area contributed by atoms with E-state index >= 15 is 0 Å². The molecular weight excluding hydrogens is 202 g/mol. The number of nitrogens with one attached hydrogen (secondary N) is 1. The smallest absolute Gasteiger partial charge is 0.0948 e. The first-order valence-corrected chi connectivity index (χ1v) is 5.55. The highest BCUT2D eigenvalue weighted by Crippen LogP contribution is 1.97. The second kappa shape index (κ2) is 5.46. The maximum absolute atomic E-state index is 4.13. The molecule has 0 saturated carbocycles. The first-order valence-electron chi connectivity index (χ1n) is 5.55. The molecule has 0 amide bonds. The first-order chi connectivity index (χ1) is 7.90. The molecule has 86 valence electrons. The Morgan fingerprint density at radius 3 is 3.00 bits per heavy atom. The Morgan fingerprint density at radius 2 is 2.25 bits per heavy atom. The standard InChI is InChI=1S/C11H17N5/c1-2-16-10-14-8-11(16)7-12-3-5-15-6-4-13-9-15/h4,6,8-10,12H,2-3,5,7H2,1H3. The maximum Gasteiger partial charge on any atom is 0.0948 e. The lowest BCUT2D eigenvalue weighted by atomic mass is 10.4. The van der Waals surface area contributed by atoms with Gasteiger partial charge in [-0.05, 0) is 6.92 Å². The van der Waals surface area contributed by atoms with Crippen LogP contribution in [0, 0.1) is 0 Å². The summed E-state index contributed by atoms with van der Waals surface area (Å²) in [5.74, 6) is 0. The van der Waals surface area contributed by atoms with Crippen LogP contribution in [0.5, 0.6) is 0 Å². The zero-order chi connectivity index (χ0) is 11.2. The molecule has 2 aromatic rings. The number of imidazole rings is 2. The van der Waals surface area contributed by atoms with Gasteiger partial charge in [-0.1, -0.05) is 0 Å². The summed E-state index contributed by atoms with van der Waals surface area (Å²) >= 11 is 0. The second-order valence-corrected chi connectivity index (χ2v) is 3.65. The minimum atomic E-state index is 0.864. The van der Waals surface area contributed by atoms with Gasteiger partial charge in [0, 0.05) is 44.8 Å². The Labute approximate surface area is 95.1 Å². The third kappa shape index (κ3) is 2.70. The van der Waals surface area contributed by atoms with Crippen molar-refractivity contribution in [1.82, 2.24) is 24.4 Å². The zero-order valence-corrected chi connectivity index (χ0v) is 9.50. The number of aryl methyl sites for hydroxylation is 1. The Kier molecular flexibility index (Phi) is 3.71. The Morgan fingerprint density at radius 1 is 1.31 bits per heavy atom. The SMILES string of the molecule is CCn1cncc1CNCCn1ccnc1. The van der Waals surface area contributed by atoms with E-state index in [9.17, 15) is 0 Å². The highest BCUT2D eigenvalue weighted by atomic mass is 15.1. The fourth-order valence-corrected chi connectivity index (χ4v) is 1.62. The average Bonchev–Trinajstić information content (AvgIpc) is 2.95. The van der Waals surface area contributed by atoms with Crippen LogP contribution in [0.25, 0.3) is 0 Å². The lowest BCUT2D eigenvalue weighted by Gasteiger charge is -2.07. The molecule has 1 N–H and O–H groups in total. The molecule has 5 nitrogen and oxygen atoms in total. The highest BCUT2D eigenvalue weighted by molar-refractivity contribution is 4.97. The minimum absolute atomic E-state index is 0.864. The predicted molar refractivity (Wildman–Crippen MR) is 61.8 cm³/mol. The van der Waals surface area contributed by atoms with E-state index in [4.69, 9.17) is 0 Å². The number of aromatic nitrogens is 4. The van der Waals surface area contributed by atoms with E-state index in [0.717, 1.165) is 26.2 Å². The fraction of sp³-hybridized carbons (Fsp3) is 0.455. The van der Waals surface area contributed by atoms with Crippen molar-refractivity contribution in [2.24, 2.45) is 0 Å². The van der Waals surface area contributed by atoms with E-state index < -0.39 is 0 Å². The third-order valence-corrected chi connectivity index (χ3v) is 2.55. The van der Waals surface area contributed by atoms with Gasteiger partial charge in [0.05, 0.1) is 18.3 Å². The van der Waals surface area contributed by atoms with Gasteiger partial charge in [0.15, 0.2) is 0 Å². The van der Waals surface area contributed by atoms with Crippen molar-refractivity contribution in [1.29, 1.82) is 0 Å². The third-order valence-electron chi connectivity index (χ3n) is 2.55. The topological polar surface area (TPSA) is 47.7 Å². The van der Waals surface area contributed by atoms with Crippen LogP contribution in [0.15, 0.2) is 31.2 Å². The summed E-state index contributed by atoms with van der Waals surface area (Å²) in [6, 6.07) is 0. The molecule has 0 unspecified atom stereocenters. The van der Waals surface area contributed by atoms with E-state index in [2.05, 4.69) is 31.3 Å². The molecule has 0 radical (unpaired) electrons.